The summed E-state index contributed by atoms with van der Waals surface area (Å²) in [5.74, 6) is -0.856. The molecule has 0 aromatic rings. The van der Waals surface area contributed by atoms with Crippen molar-refractivity contribution >= 4 is 9.84 Å². The molecule has 0 aromatic carbocycles. The molecule has 92 valence electrons. The highest BCUT2D eigenvalue weighted by atomic mass is 32.2. The van der Waals surface area contributed by atoms with E-state index in [0.717, 1.165) is 0 Å². The zero-order valence-corrected chi connectivity index (χ0v) is 9.07. The summed E-state index contributed by atoms with van der Waals surface area (Å²) in [4.78, 5) is 0. The highest BCUT2D eigenvalue weighted by Crippen LogP contribution is 2.15. The molecule has 0 saturated heterocycles. The maximum atomic E-state index is 11.5. The van der Waals surface area contributed by atoms with Crippen LogP contribution in [0.25, 0.3) is 0 Å². The van der Waals surface area contributed by atoms with Crippen LogP contribution in [0.2, 0.25) is 0 Å². The molecule has 0 aliphatic rings. The van der Waals surface area contributed by atoms with E-state index in [-0.39, 0.29) is 18.2 Å². The lowest BCUT2D eigenvalue weighted by molar-refractivity contribution is -0.322. The predicted molar refractivity (Wildman–Crippen MR) is 48.9 cm³/mol. The van der Waals surface area contributed by atoms with Crippen molar-refractivity contribution in [2.45, 2.75) is 25.7 Å². The van der Waals surface area contributed by atoms with E-state index < -0.39 is 28.6 Å². The second kappa shape index (κ2) is 5.66. The predicted octanol–water partition coefficient (Wildman–Crippen LogP) is 0.675. The van der Waals surface area contributed by atoms with Crippen molar-refractivity contribution in [3.05, 3.63) is 0 Å². The fraction of sp³-hybridized carbons (Fsp3) is 1.00. The number of hydrogen-bond acceptors (Lipinski definition) is 4. The van der Waals surface area contributed by atoms with Gasteiger partial charge in [0.25, 0.3) is 0 Å². The first kappa shape index (κ1) is 14.7. The van der Waals surface area contributed by atoms with E-state index in [1.807, 2.05) is 0 Å². The van der Waals surface area contributed by atoms with E-state index in [9.17, 15) is 21.6 Å². The second-order valence-corrected chi connectivity index (χ2v) is 5.52. The van der Waals surface area contributed by atoms with Gasteiger partial charge in [-0.15, -0.1) is 13.2 Å². The van der Waals surface area contributed by atoms with Gasteiger partial charge in [-0.05, 0) is 13.3 Å². The topological polar surface area (TPSA) is 69.4 Å². The van der Waals surface area contributed by atoms with E-state index >= 15 is 0 Å². The van der Waals surface area contributed by atoms with Crippen LogP contribution in [0.3, 0.4) is 0 Å². The maximum Gasteiger partial charge on any atom is 0.522 e. The van der Waals surface area contributed by atoms with Crippen molar-refractivity contribution in [1.29, 1.82) is 0 Å². The summed E-state index contributed by atoms with van der Waals surface area (Å²) in [6, 6.07) is -0.289. The lowest BCUT2D eigenvalue weighted by Crippen LogP contribution is -2.24. The molecular weight excluding hydrogens is 235 g/mol. The molecule has 0 heterocycles. The number of ether oxygens (including phenoxy) is 1. The molecule has 0 spiro atoms. The Bertz CT molecular complexity index is 274. The van der Waals surface area contributed by atoms with Gasteiger partial charge in [0.15, 0.2) is 9.84 Å². The molecule has 1 unspecified atom stereocenters. The molecule has 0 aromatic heterocycles. The number of sulfone groups is 1. The minimum absolute atomic E-state index is 0.216. The van der Waals surface area contributed by atoms with Crippen LogP contribution in [-0.4, -0.2) is 38.9 Å². The van der Waals surface area contributed by atoms with Crippen LogP contribution < -0.4 is 5.73 Å². The minimum atomic E-state index is -4.78. The highest BCUT2D eigenvalue weighted by molar-refractivity contribution is 7.91. The Kier molecular flexibility index (Phi) is 5.54. The molecule has 4 nitrogen and oxygen atoms in total. The molecule has 2 N–H and O–H groups in total. The van der Waals surface area contributed by atoms with Crippen LogP contribution in [0, 0.1) is 0 Å². The van der Waals surface area contributed by atoms with E-state index in [2.05, 4.69) is 4.74 Å². The molecule has 15 heavy (non-hydrogen) atoms. The van der Waals surface area contributed by atoms with Gasteiger partial charge in [0.1, 0.15) is 0 Å². The van der Waals surface area contributed by atoms with Gasteiger partial charge < -0.3 is 5.73 Å². The largest absolute Gasteiger partial charge is 0.522 e. The van der Waals surface area contributed by atoms with Crippen molar-refractivity contribution in [3.63, 3.8) is 0 Å². The van der Waals surface area contributed by atoms with Gasteiger partial charge in [-0.2, -0.15) is 0 Å². The lowest BCUT2D eigenvalue weighted by atomic mass is 10.3. The van der Waals surface area contributed by atoms with Crippen LogP contribution in [0.1, 0.15) is 13.3 Å². The van der Waals surface area contributed by atoms with Gasteiger partial charge >= 0.3 is 6.36 Å². The van der Waals surface area contributed by atoms with Crippen molar-refractivity contribution in [2.24, 2.45) is 5.73 Å². The standard InChI is InChI=1S/C7H14F3NO3S/c1-6(11)2-4-15(12,13)5-3-14-7(8,9)10/h6H,2-5,11H2,1H3. The normalized spacial score (nSPS) is 15.3. The van der Waals surface area contributed by atoms with Gasteiger partial charge in [-0.3, -0.25) is 4.74 Å². The number of rotatable bonds is 6. The van der Waals surface area contributed by atoms with Crippen LogP contribution >= 0.6 is 0 Å². The van der Waals surface area contributed by atoms with Crippen LogP contribution in [0.5, 0.6) is 0 Å². The molecule has 8 heteroatoms. The van der Waals surface area contributed by atoms with Crippen LogP contribution in [0.4, 0.5) is 13.2 Å². The molecule has 0 bridgehead atoms. The van der Waals surface area contributed by atoms with E-state index in [4.69, 9.17) is 5.73 Å². The molecule has 0 fully saturated rings. The third-order valence-corrected chi connectivity index (χ3v) is 3.19. The fourth-order valence-corrected chi connectivity index (χ4v) is 2.02. The lowest BCUT2D eigenvalue weighted by Gasteiger charge is -2.08. The van der Waals surface area contributed by atoms with Crippen molar-refractivity contribution < 1.29 is 26.3 Å². The third-order valence-electron chi connectivity index (χ3n) is 1.54. The van der Waals surface area contributed by atoms with Crippen molar-refractivity contribution in [1.82, 2.24) is 0 Å². The Morgan fingerprint density at radius 2 is 1.87 bits per heavy atom. The van der Waals surface area contributed by atoms with Gasteiger partial charge in [0, 0.05) is 6.04 Å². The summed E-state index contributed by atoms with van der Waals surface area (Å²) < 4.78 is 60.1. The molecule has 0 amide bonds. The second-order valence-electron chi connectivity index (χ2n) is 3.21. The number of nitrogens with two attached hydrogens (primary N) is 1. The zero-order valence-electron chi connectivity index (χ0n) is 8.25. The zero-order chi connectivity index (χ0) is 12.1. The Morgan fingerprint density at radius 3 is 2.27 bits per heavy atom. The number of alkyl halides is 3. The summed E-state index contributed by atoms with van der Waals surface area (Å²) in [6.45, 7) is 0.756. The first-order valence-corrected chi connectivity index (χ1v) is 6.11. The highest BCUT2D eigenvalue weighted by Gasteiger charge is 2.29. The Balaban J connectivity index is 3.85. The number of halogens is 3. The van der Waals surface area contributed by atoms with Crippen molar-refractivity contribution in [2.75, 3.05) is 18.1 Å². The van der Waals surface area contributed by atoms with Crippen molar-refractivity contribution in [3.8, 4) is 0 Å². The van der Waals surface area contributed by atoms with Gasteiger partial charge in [0.05, 0.1) is 18.1 Å². The summed E-state index contributed by atoms with van der Waals surface area (Å²) in [5, 5.41) is 0. The molecule has 0 radical (unpaired) electrons. The molecule has 0 aliphatic carbocycles. The molecule has 0 saturated carbocycles. The smallest absolute Gasteiger partial charge is 0.328 e. The van der Waals surface area contributed by atoms with Gasteiger partial charge in [0.2, 0.25) is 0 Å². The first-order chi connectivity index (χ1) is 6.62. The molecular formula is C7H14F3NO3S. The molecule has 1 atom stereocenters. The molecule has 0 rings (SSSR count). The minimum Gasteiger partial charge on any atom is -0.328 e. The third kappa shape index (κ3) is 9.95. The monoisotopic (exact) mass is 249 g/mol. The van der Waals surface area contributed by atoms with Gasteiger partial charge in [-0.1, -0.05) is 0 Å². The summed E-state index contributed by atoms with van der Waals surface area (Å²) in [6.07, 6.45) is -4.55. The summed E-state index contributed by atoms with van der Waals surface area (Å²) in [7, 11) is -3.50. The summed E-state index contributed by atoms with van der Waals surface area (Å²) in [5.41, 5.74) is 5.32. The molecule has 0 aliphatic heterocycles. The Hall–Kier alpha value is -0.340. The van der Waals surface area contributed by atoms with Gasteiger partial charge in [-0.25, -0.2) is 8.42 Å². The average molecular weight is 249 g/mol. The van der Waals surface area contributed by atoms with E-state index in [1.165, 1.54) is 0 Å². The fourth-order valence-electron chi connectivity index (χ4n) is 0.752. The van der Waals surface area contributed by atoms with E-state index in [1.54, 1.807) is 6.92 Å². The average Bonchev–Trinajstić information content (AvgIpc) is 1.98. The van der Waals surface area contributed by atoms with Crippen LogP contribution in [-0.2, 0) is 14.6 Å². The number of hydrogen-bond donors (Lipinski definition) is 1. The van der Waals surface area contributed by atoms with Crippen LogP contribution in [0.15, 0.2) is 0 Å². The van der Waals surface area contributed by atoms with E-state index in [0.29, 0.717) is 0 Å². The Morgan fingerprint density at radius 1 is 1.33 bits per heavy atom. The first-order valence-electron chi connectivity index (χ1n) is 4.29. The SMILES string of the molecule is CC(N)CCS(=O)(=O)CCOC(F)(F)F. The maximum absolute atomic E-state index is 11.5. The Labute approximate surface area is 86.5 Å². The summed E-state index contributed by atoms with van der Waals surface area (Å²) >= 11 is 0. The quantitative estimate of drug-likeness (QED) is 0.751.